The molecule has 0 unspecified atom stereocenters. The average molecular weight is 577 g/mol. The average Bonchev–Trinajstić information content (AvgIpc) is 3.01. The predicted molar refractivity (Wildman–Crippen MR) is 153 cm³/mol. The molecule has 0 radical (unpaired) electrons. The molecule has 1 aliphatic carbocycles. The van der Waals surface area contributed by atoms with Crippen LogP contribution in [0.4, 0.5) is 0 Å². The maximum atomic E-state index is 12.3. The Morgan fingerprint density at radius 3 is 1.29 bits per heavy atom. The first-order valence-electron chi connectivity index (χ1n) is 13.2. The third-order valence-electron chi connectivity index (χ3n) is 5.96. The quantitative estimate of drug-likeness (QED) is 0.132. The first kappa shape index (κ1) is 31.4. The van der Waals surface area contributed by atoms with Crippen LogP contribution < -0.4 is 9.47 Å². The number of hydrogen-bond acceptors (Lipinski definition) is 10. The number of carbonyl (C=O) groups excluding carboxylic acids is 4. The Morgan fingerprint density at radius 1 is 0.595 bits per heavy atom. The van der Waals surface area contributed by atoms with Crippen molar-refractivity contribution in [2.45, 2.75) is 37.9 Å². The van der Waals surface area contributed by atoms with Crippen molar-refractivity contribution in [1.82, 2.24) is 0 Å². The normalized spacial score (nSPS) is 16.3. The van der Waals surface area contributed by atoms with Crippen LogP contribution >= 0.6 is 0 Å². The van der Waals surface area contributed by atoms with Gasteiger partial charge in [0.15, 0.2) is 0 Å². The zero-order valence-electron chi connectivity index (χ0n) is 23.0. The third-order valence-corrected chi connectivity index (χ3v) is 5.96. The molecule has 0 amide bonds. The topological polar surface area (TPSA) is 124 Å². The molecule has 2 aromatic carbocycles. The molecule has 3 rings (SSSR count). The van der Waals surface area contributed by atoms with E-state index in [9.17, 15) is 19.2 Å². The molecule has 220 valence electrons. The van der Waals surface area contributed by atoms with E-state index < -0.39 is 23.9 Å². The fourth-order valence-electron chi connectivity index (χ4n) is 3.78. The summed E-state index contributed by atoms with van der Waals surface area (Å²) in [5.41, 5.74) is 1.53. The second kappa shape index (κ2) is 16.9. The zero-order chi connectivity index (χ0) is 30.2. The second-order valence-corrected chi connectivity index (χ2v) is 8.94. The van der Waals surface area contributed by atoms with Gasteiger partial charge in [0.1, 0.15) is 23.7 Å². The van der Waals surface area contributed by atoms with Crippen molar-refractivity contribution in [3.8, 4) is 11.5 Å². The van der Waals surface area contributed by atoms with Crippen LogP contribution in [0.1, 0.15) is 36.8 Å². The van der Waals surface area contributed by atoms with Gasteiger partial charge in [-0.05, 0) is 73.2 Å². The molecule has 2 aromatic rings. The van der Waals surface area contributed by atoms with Gasteiger partial charge in [0.25, 0.3) is 0 Å². The van der Waals surface area contributed by atoms with Crippen LogP contribution in [0.2, 0.25) is 0 Å². The van der Waals surface area contributed by atoms with E-state index >= 15 is 0 Å². The molecule has 0 bridgehead atoms. The molecule has 0 aromatic heterocycles. The van der Waals surface area contributed by atoms with Crippen molar-refractivity contribution in [3.63, 3.8) is 0 Å². The van der Waals surface area contributed by atoms with Gasteiger partial charge in [0.05, 0.1) is 0 Å². The predicted octanol–water partition coefficient (Wildman–Crippen LogP) is 4.94. The second-order valence-electron chi connectivity index (χ2n) is 8.94. The first-order valence-corrected chi connectivity index (χ1v) is 13.2. The molecular weight excluding hydrogens is 544 g/mol. The van der Waals surface area contributed by atoms with Crippen molar-refractivity contribution in [2.24, 2.45) is 0 Å². The lowest BCUT2D eigenvalue weighted by Crippen LogP contribution is -2.29. The summed E-state index contributed by atoms with van der Waals surface area (Å²) in [4.78, 5) is 46.5. The number of benzene rings is 2. The van der Waals surface area contributed by atoms with E-state index in [2.05, 4.69) is 13.2 Å². The molecule has 42 heavy (non-hydrogen) atoms. The Bertz CT molecular complexity index is 1180. The molecule has 1 aliphatic rings. The van der Waals surface area contributed by atoms with Gasteiger partial charge in [0.2, 0.25) is 13.6 Å². The summed E-state index contributed by atoms with van der Waals surface area (Å²) >= 11 is 0. The molecule has 0 aliphatic heterocycles. The van der Waals surface area contributed by atoms with Gasteiger partial charge >= 0.3 is 23.9 Å². The van der Waals surface area contributed by atoms with Crippen LogP contribution in [-0.4, -0.2) is 49.7 Å². The molecule has 0 heterocycles. The molecule has 0 N–H and O–H groups in total. The minimum absolute atomic E-state index is 0.227. The summed E-state index contributed by atoms with van der Waals surface area (Å²) < 4.78 is 31.1. The Hall–Kier alpha value is -5.12. The standard InChI is InChI=1S/C32H32O10/c1-3-29(33)39-21-37-25-11-5-23(6-12-25)9-19-31(35)41-27-15-17-28(18-16-27)42-32(36)20-10-24-7-13-26(14-8-24)38-22-40-30(34)4-2/h3-14,19-20,27-28H,1-2,15-18,21-22H2/b19-9-,20-10+. The highest BCUT2D eigenvalue weighted by Gasteiger charge is 2.25. The minimum Gasteiger partial charge on any atom is -0.459 e. The molecule has 10 heteroatoms. The number of esters is 4. The summed E-state index contributed by atoms with van der Waals surface area (Å²) in [6.45, 7) is 6.15. The highest BCUT2D eigenvalue weighted by Crippen LogP contribution is 2.24. The molecule has 0 atom stereocenters. The van der Waals surface area contributed by atoms with Crippen LogP contribution in [0, 0.1) is 0 Å². The number of hydrogen-bond donors (Lipinski definition) is 0. The SMILES string of the molecule is C=CC(=O)OCOc1ccc(/C=C\C(=O)OC2CCC(OC(=O)/C=C/c3ccc(OCOC(=O)C=C)cc3)CC2)cc1. The first-order chi connectivity index (χ1) is 20.3. The van der Waals surface area contributed by atoms with Gasteiger partial charge in [-0.1, -0.05) is 37.4 Å². The molecular formula is C32H32O10. The van der Waals surface area contributed by atoms with Gasteiger partial charge in [-0.2, -0.15) is 0 Å². The van der Waals surface area contributed by atoms with Gasteiger partial charge in [-0.25, -0.2) is 19.2 Å². The van der Waals surface area contributed by atoms with Crippen molar-refractivity contribution in [2.75, 3.05) is 13.6 Å². The number of rotatable bonds is 14. The summed E-state index contributed by atoms with van der Waals surface area (Å²) in [5.74, 6) is -1.05. The molecule has 0 spiro atoms. The lowest BCUT2D eigenvalue weighted by molar-refractivity contribution is -0.151. The van der Waals surface area contributed by atoms with Crippen LogP contribution in [0.25, 0.3) is 12.2 Å². The van der Waals surface area contributed by atoms with Crippen LogP contribution in [0.5, 0.6) is 11.5 Å². The Morgan fingerprint density at radius 2 is 0.952 bits per heavy atom. The monoisotopic (exact) mass is 576 g/mol. The van der Waals surface area contributed by atoms with Crippen molar-refractivity contribution >= 4 is 36.0 Å². The van der Waals surface area contributed by atoms with Crippen LogP contribution in [-0.2, 0) is 38.1 Å². The van der Waals surface area contributed by atoms with E-state index in [1.807, 2.05) is 0 Å². The summed E-state index contributed by atoms with van der Waals surface area (Å²) in [5, 5.41) is 0. The zero-order valence-corrected chi connectivity index (χ0v) is 23.0. The Labute approximate surface area is 243 Å². The molecule has 1 fully saturated rings. The van der Waals surface area contributed by atoms with E-state index in [0.717, 1.165) is 23.3 Å². The maximum absolute atomic E-state index is 12.3. The summed E-state index contributed by atoms with van der Waals surface area (Å²) in [6, 6.07) is 13.7. The minimum atomic E-state index is -0.574. The van der Waals surface area contributed by atoms with Crippen LogP contribution in [0.3, 0.4) is 0 Å². The molecule has 1 saturated carbocycles. The number of carbonyl (C=O) groups is 4. The lowest BCUT2D eigenvalue weighted by atomic mass is 9.95. The van der Waals surface area contributed by atoms with E-state index in [1.165, 1.54) is 12.2 Å². The van der Waals surface area contributed by atoms with E-state index in [-0.39, 0.29) is 25.8 Å². The highest BCUT2D eigenvalue weighted by molar-refractivity contribution is 5.88. The van der Waals surface area contributed by atoms with E-state index in [1.54, 1.807) is 60.7 Å². The van der Waals surface area contributed by atoms with Gasteiger partial charge in [-0.15, -0.1) is 0 Å². The van der Waals surface area contributed by atoms with E-state index in [0.29, 0.717) is 37.2 Å². The largest absolute Gasteiger partial charge is 0.459 e. The van der Waals surface area contributed by atoms with Gasteiger partial charge < -0.3 is 28.4 Å². The van der Waals surface area contributed by atoms with Crippen molar-refractivity contribution < 1.29 is 47.6 Å². The third kappa shape index (κ3) is 11.5. The fourth-order valence-corrected chi connectivity index (χ4v) is 3.78. The van der Waals surface area contributed by atoms with Crippen molar-refractivity contribution in [1.29, 1.82) is 0 Å². The number of ether oxygens (including phenoxy) is 6. The Kier molecular flexibility index (Phi) is 12.6. The maximum Gasteiger partial charge on any atom is 0.333 e. The van der Waals surface area contributed by atoms with Crippen LogP contribution in [0.15, 0.2) is 86.0 Å². The van der Waals surface area contributed by atoms with E-state index in [4.69, 9.17) is 28.4 Å². The lowest BCUT2D eigenvalue weighted by Gasteiger charge is -2.27. The fraction of sp³-hybridized carbons (Fsp3) is 0.250. The summed E-state index contributed by atoms with van der Waals surface area (Å²) in [7, 11) is 0. The Balaban J connectivity index is 1.33. The summed E-state index contributed by atoms with van der Waals surface area (Å²) in [6.07, 6.45) is 9.94. The smallest absolute Gasteiger partial charge is 0.333 e. The van der Waals surface area contributed by atoms with Gasteiger partial charge in [0, 0.05) is 24.3 Å². The van der Waals surface area contributed by atoms with Crippen molar-refractivity contribution in [3.05, 3.63) is 97.1 Å². The molecule has 10 nitrogen and oxygen atoms in total. The highest BCUT2D eigenvalue weighted by atomic mass is 16.7. The molecule has 0 saturated heterocycles. The van der Waals surface area contributed by atoms with Gasteiger partial charge in [-0.3, -0.25) is 0 Å².